The number of allylic oxidation sites excluding steroid dienone is 1. The van der Waals surface area contributed by atoms with Crippen molar-refractivity contribution in [1.82, 2.24) is 0 Å². The minimum absolute atomic E-state index is 0.551. The molecule has 1 aliphatic rings. The van der Waals surface area contributed by atoms with Crippen LogP contribution in [0.15, 0.2) is 42.5 Å². The molecule has 0 N–H and O–H groups in total. The Hall–Kier alpha value is -1.45. The van der Waals surface area contributed by atoms with Crippen LogP contribution in [0.1, 0.15) is 12.0 Å². The second kappa shape index (κ2) is 5.05. The molecular weight excluding hydrogens is 204 g/mol. The first kappa shape index (κ1) is 11.0. The molecule has 16 heavy (non-hydrogen) atoms. The number of carbonyl (C=O) groups excluding carboxylic acids is 1. The van der Waals surface area contributed by atoms with Gasteiger partial charge in [0, 0.05) is 12.0 Å². The van der Waals surface area contributed by atoms with E-state index in [4.69, 9.17) is 9.47 Å². The molecule has 0 amide bonds. The summed E-state index contributed by atoms with van der Waals surface area (Å²) < 4.78 is 11.4. The molecule has 0 spiro atoms. The normalized spacial score (nSPS) is 19.0. The van der Waals surface area contributed by atoms with Crippen LogP contribution in [0.2, 0.25) is 0 Å². The fraction of sp³-hybridized carbons (Fsp3) is 0.308. The molecule has 3 heteroatoms. The number of carbonyl (C=O) groups is 1. The Labute approximate surface area is 94.7 Å². The Morgan fingerprint density at radius 2 is 1.88 bits per heavy atom. The highest BCUT2D eigenvalue weighted by molar-refractivity contribution is 5.64. The maximum absolute atomic E-state index is 10.3. The van der Waals surface area contributed by atoms with E-state index in [1.165, 1.54) is 6.08 Å². The lowest BCUT2D eigenvalue weighted by molar-refractivity contribution is -0.162. The lowest BCUT2D eigenvalue weighted by atomic mass is 10.0. The molecule has 2 rings (SSSR count). The van der Waals surface area contributed by atoms with Crippen LogP contribution >= 0.6 is 0 Å². The van der Waals surface area contributed by atoms with Crippen LogP contribution in [0, 0.1) is 0 Å². The molecule has 3 nitrogen and oxygen atoms in total. The van der Waals surface area contributed by atoms with Crippen molar-refractivity contribution in [2.45, 2.75) is 12.2 Å². The smallest absolute Gasteiger partial charge is 0.198 e. The van der Waals surface area contributed by atoms with Crippen molar-refractivity contribution in [2.75, 3.05) is 13.2 Å². The zero-order valence-corrected chi connectivity index (χ0v) is 8.96. The van der Waals surface area contributed by atoms with Gasteiger partial charge in [-0.3, -0.25) is 4.79 Å². The Bertz CT molecular complexity index is 364. The largest absolute Gasteiger partial charge is 0.343 e. The van der Waals surface area contributed by atoms with Crippen LogP contribution in [-0.2, 0) is 20.1 Å². The number of aldehydes is 1. The van der Waals surface area contributed by atoms with Crippen molar-refractivity contribution in [3.8, 4) is 0 Å². The zero-order chi connectivity index (χ0) is 11.3. The molecule has 1 saturated heterocycles. The van der Waals surface area contributed by atoms with Crippen LogP contribution in [0.3, 0.4) is 0 Å². The van der Waals surface area contributed by atoms with E-state index in [9.17, 15) is 4.79 Å². The Balaban J connectivity index is 2.22. The summed E-state index contributed by atoms with van der Waals surface area (Å²) in [6.45, 7) is 1.17. The molecule has 1 fully saturated rings. The van der Waals surface area contributed by atoms with Gasteiger partial charge in [0.15, 0.2) is 5.79 Å². The quantitative estimate of drug-likeness (QED) is 0.573. The number of benzene rings is 1. The fourth-order valence-electron chi connectivity index (χ4n) is 1.83. The molecule has 0 radical (unpaired) electrons. The van der Waals surface area contributed by atoms with Gasteiger partial charge in [0.05, 0.1) is 13.2 Å². The van der Waals surface area contributed by atoms with Gasteiger partial charge >= 0.3 is 0 Å². The first-order valence-electron chi connectivity index (χ1n) is 5.31. The topological polar surface area (TPSA) is 35.5 Å². The summed E-state index contributed by atoms with van der Waals surface area (Å²) in [5.74, 6) is -0.708. The van der Waals surface area contributed by atoms with Gasteiger partial charge < -0.3 is 9.47 Å². The van der Waals surface area contributed by atoms with Crippen molar-refractivity contribution in [3.05, 3.63) is 48.0 Å². The molecule has 1 aromatic carbocycles. The van der Waals surface area contributed by atoms with Crippen LogP contribution in [0.5, 0.6) is 0 Å². The van der Waals surface area contributed by atoms with Crippen molar-refractivity contribution in [2.24, 2.45) is 0 Å². The third-order valence-corrected chi connectivity index (χ3v) is 2.57. The van der Waals surface area contributed by atoms with Gasteiger partial charge in [-0.25, -0.2) is 0 Å². The number of hydrogen-bond donors (Lipinski definition) is 0. The van der Waals surface area contributed by atoms with Crippen molar-refractivity contribution < 1.29 is 14.3 Å². The molecule has 0 aliphatic carbocycles. The van der Waals surface area contributed by atoms with Crippen LogP contribution in [0.25, 0.3) is 0 Å². The zero-order valence-electron chi connectivity index (χ0n) is 8.96. The highest BCUT2D eigenvalue weighted by atomic mass is 16.7. The highest BCUT2D eigenvalue weighted by Crippen LogP contribution is 2.34. The summed E-state index contributed by atoms with van der Waals surface area (Å²) in [5, 5.41) is 0. The predicted molar refractivity (Wildman–Crippen MR) is 59.8 cm³/mol. The van der Waals surface area contributed by atoms with E-state index in [0.717, 1.165) is 11.8 Å². The second-order valence-electron chi connectivity index (χ2n) is 3.58. The first-order chi connectivity index (χ1) is 7.87. The molecule has 0 saturated carbocycles. The maximum Gasteiger partial charge on any atom is 0.198 e. The summed E-state index contributed by atoms with van der Waals surface area (Å²) in [4.78, 5) is 10.3. The minimum atomic E-state index is -0.708. The van der Waals surface area contributed by atoms with Gasteiger partial charge in [0.1, 0.15) is 6.29 Å². The third kappa shape index (κ3) is 2.21. The van der Waals surface area contributed by atoms with Gasteiger partial charge in [-0.05, 0) is 6.08 Å². The van der Waals surface area contributed by atoms with Gasteiger partial charge in [0.25, 0.3) is 0 Å². The Morgan fingerprint density at radius 3 is 2.50 bits per heavy atom. The Kier molecular flexibility index (Phi) is 3.49. The summed E-state index contributed by atoms with van der Waals surface area (Å²) in [6, 6.07) is 9.80. The molecule has 1 aliphatic heterocycles. The van der Waals surface area contributed by atoms with E-state index in [1.54, 1.807) is 6.08 Å². The lowest BCUT2D eigenvalue weighted by Gasteiger charge is -2.26. The van der Waals surface area contributed by atoms with E-state index in [2.05, 4.69) is 0 Å². The summed E-state index contributed by atoms with van der Waals surface area (Å²) in [5.41, 5.74) is 0.989. The third-order valence-electron chi connectivity index (χ3n) is 2.57. The number of hydrogen-bond acceptors (Lipinski definition) is 3. The van der Waals surface area contributed by atoms with Gasteiger partial charge in [-0.1, -0.05) is 36.4 Å². The van der Waals surface area contributed by atoms with E-state index in [0.29, 0.717) is 19.6 Å². The van der Waals surface area contributed by atoms with Crippen LogP contribution in [-0.4, -0.2) is 19.5 Å². The van der Waals surface area contributed by atoms with Gasteiger partial charge in [0.2, 0.25) is 0 Å². The number of ether oxygens (including phenoxy) is 2. The average Bonchev–Trinajstić information content (AvgIpc) is 2.81. The predicted octanol–water partition coefficient (Wildman–Crippen LogP) is 2.03. The van der Waals surface area contributed by atoms with Crippen molar-refractivity contribution in [1.29, 1.82) is 0 Å². The average molecular weight is 218 g/mol. The van der Waals surface area contributed by atoms with E-state index >= 15 is 0 Å². The molecule has 0 aromatic heterocycles. The Morgan fingerprint density at radius 1 is 1.19 bits per heavy atom. The summed E-state index contributed by atoms with van der Waals surface area (Å²) >= 11 is 0. The second-order valence-corrected chi connectivity index (χ2v) is 3.58. The monoisotopic (exact) mass is 218 g/mol. The molecular formula is C13H14O3. The van der Waals surface area contributed by atoms with E-state index in [1.807, 2.05) is 30.3 Å². The molecule has 0 atom stereocenters. The standard InChI is InChI=1S/C13H14O3/c14-9-5-4-8-13(15-10-11-16-13)12-6-2-1-3-7-12/h1-7,9H,8,10-11H2/b5-4+. The minimum Gasteiger partial charge on any atom is -0.343 e. The van der Waals surface area contributed by atoms with Crippen LogP contribution < -0.4 is 0 Å². The molecule has 84 valence electrons. The summed E-state index contributed by atoms with van der Waals surface area (Å²) in [7, 11) is 0. The van der Waals surface area contributed by atoms with Crippen molar-refractivity contribution in [3.63, 3.8) is 0 Å². The van der Waals surface area contributed by atoms with Gasteiger partial charge in [-0.15, -0.1) is 0 Å². The van der Waals surface area contributed by atoms with Crippen molar-refractivity contribution >= 4 is 6.29 Å². The number of rotatable bonds is 4. The first-order valence-corrected chi connectivity index (χ1v) is 5.31. The van der Waals surface area contributed by atoms with Crippen LogP contribution in [0.4, 0.5) is 0 Å². The van der Waals surface area contributed by atoms with E-state index in [-0.39, 0.29) is 0 Å². The molecule has 1 aromatic rings. The molecule has 1 heterocycles. The summed E-state index contributed by atoms with van der Waals surface area (Å²) in [6.07, 6.45) is 4.55. The lowest BCUT2D eigenvalue weighted by Crippen LogP contribution is -2.26. The van der Waals surface area contributed by atoms with E-state index < -0.39 is 5.79 Å². The molecule has 0 unspecified atom stereocenters. The maximum atomic E-state index is 10.3. The SMILES string of the molecule is O=C/C=C/CC1(c2ccccc2)OCCO1. The fourth-order valence-corrected chi connectivity index (χ4v) is 1.83. The highest BCUT2D eigenvalue weighted by Gasteiger charge is 2.37. The van der Waals surface area contributed by atoms with Gasteiger partial charge in [-0.2, -0.15) is 0 Å². The molecule has 0 bridgehead atoms.